The maximum atomic E-state index is 5.93. The summed E-state index contributed by atoms with van der Waals surface area (Å²) in [5.74, 6) is 9.53. The van der Waals surface area contributed by atoms with Gasteiger partial charge in [0, 0.05) is 50.5 Å². The summed E-state index contributed by atoms with van der Waals surface area (Å²) in [6.45, 7) is 10.5. The van der Waals surface area contributed by atoms with Gasteiger partial charge in [0.15, 0.2) is 0 Å². The lowest BCUT2D eigenvalue weighted by molar-refractivity contribution is -0.174. The van der Waals surface area contributed by atoms with Gasteiger partial charge in [-0.3, -0.25) is 9.80 Å². The molecular weight excluding hydrogens is 613 g/mol. The molecule has 10 unspecified atom stereocenters. The van der Waals surface area contributed by atoms with Gasteiger partial charge in [-0.05, 0) is 200 Å². The molecule has 0 bridgehead atoms. The van der Waals surface area contributed by atoms with E-state index in [1.54, 1.807) is 25.7 Å². The molecule has 4 nitrogen and oxygen atoms in total. The number of nitrogens with zero attached hydrogens (tertiary/aromatic N) is 2. The lowest BCUT2D eigenvalue weighted by Gasteiger charge is -2.66. The van der Waals surface area contributed by atoms with E-state index in [2.05, 4.69) is 37.5 Å². The highest BCUT2D eigenvalue weighted by Gasteiger charge is 2.61. The Morgan fingerprint density at radius 2 is 0.660 bits per heavy atom. The zero-order valence-corrected chi connectivity index (χ0v) is 33.7. The van der Waals surface area contributed by atoms with Gasteiger partial charge in [0.05, 0.1) is 12.2 Å². The highest BCUT2D eigenvalue weighted by Crippen LogP contribution is 2.64. The van der Waals surface area contributed by atoms with E-state index >= 15 is 0 Å². The van der Waals surface area contributed by atoms with Crippen LogP contribution in [0, 0.1) is 59.2 Å². The molecule has 286 valence electrons. The van der Waals surface area contributed by atoms with E-state index in [1.807, 2.05) is 14.2 Å². The average molecular weight is 693 g/mol. The monoisotopic (exact) mass is 693 g/mol. The molecule has 0 radical (unpaired) electrons. The molecule has 0 saturated heterocycles. The van der Waals surface area contributed by atoms with Gasteiger partial charge in [0.2, 0.25) is 0 Å². The van der Waals surface area contributed by atoms with Crippen LogP contribution in [-0.2, 0) is 9.47 Å². The number of methoxy groups -OCH3 is 2. The lowest BCUT2D eigenvalue weighted by atomic mass is 9.43. The lowest BCUT2D eigenvalue weighted by Crippen LogP contribution is -2.66. The summed E-state index contributed by atoms with van der Waals surface area (Å²) < 4.78 is 11.9. The highest BCUT2D eigenvalue weighted by atomic mass is 16.5. The fourth-order valence-electron chi connectivity index (χ4n) is 15.6. The van der Waals surface area contributed by atoms with Gasteiger partial charge < -0.3 is 9.47 Å². The molecule has 0 N–H and O–H groups in total. The minimum absolute atomic E-state index is 0.504. The minimum atomic E-state index is 0.504. The molecule has 50 heavy (non-hydrogen) atoms. The molecule has 8 aliphatic carbocycles. The smallest absolute Gasteiger partial charge is 0.0572 e. The summed E-state index contributed by atoms with van der Waals surface area (Å²) >= 11 is 0. The predicted molar refractivity (Wildman–Crippen MR) is 207 cm³/mol. The Kier molecular flexibility index (Phi) is 11.7. The highest BCUT2D eigenvalue weighted by molar-refractivity contribution is 5.12. The van der Waals surface area contributed by atoms with E-state index < -0.39 is 0 Å². The van der Waals surface area contributed by atoms with Crippen molar-refractivity contribution < 1.29 is 9.47 Å². The van der Waals surface area contributed by atoms with Crippen LogP contribution >= 0.6 is 0 Å². The Hall–Kier alpha value is -0.160. The van der Waals surface area contributed by atoms with E-state index in [0.29, 0.717) is 12.2 Å². The third kappa shape index (κ3) is 7.07. The van der Waals surface area contributed by atoms with Crippen molar-refractivity contribution in [3.05, 3.63) is 0 Å². The first-order valence-corrected chi connectivity index (χ1v) is 22.9. The largest absolute Gasteiger partial charge is 0.381 e. The van der Waals surface area contributed by atoms with Crippen molar-refractivity contribution in [2.24, 2.45) is 59.2 Å². The molecule has 10 atom stereocenters. The minimum Gasteiger partial charge on any atom is -0.381 e. The van der Waals surface area contributed by atoms with Crippen molar-refractivity contribution >= 4 is 0 Å². The van der Waals surface area contributed by atoms with Gasteiger partial charge in [-0.15, -0.1) is 0 Å². The quantitative estimate of drug-likeness (QED) is 0.253. The molecule has 0 aromatic rings. The van der Waals surface area contributed by atoms with Crippen molar-refractivity contribution in [2.75, 3.05) is 14.2 Å². The molecule has 4 heteroatoms. The van der Waals surface area contributed by atoms with E-state index in [0.717, 1.165) is 95.4 Å². The van der Waals surface area contributed by atoms with Gasteiger partial charge >= 0.3 is 0 Å². The Morgan fingerprint density at radius 1 is 0.360 bits per heavy atom. The van der Waals surface area contributed by atoms with Crippen molar-refractivity contribution in [3.8, 4) is 0 Å². The maximum absolute atomic E-state index is 5.93. The topological polar surface area (TPSA) is 24.9 Å². The van der Waals surface area contributed by atoms with Crippen molar-refractivity contribution in [1.82, 2.24) is 9.80 Å². The van der Waals surface area contributed by atoms with E-state index in [4.69, 9.17) is 9.47 Å². The third-order valence-corrected chi connectivity index (χ3v) is 18.1. The zero-order chi connectivity index (χ0) is 34.5. The van der Waals surface area contributed by atoms with Gasteiger partial charge in [0.1, 0.15) is 0 Å². The molecule has 0 aromatic heterocycles. The standard InChI is InChI=1S/C46H80N2O2/c1-29-7-11-33(12-8-29)47(35-15-19-37(49-5)20-16-35)43-27-31(3)39-24-26-42-44(28-32(4)40-23-25-41(43)45(39)46(40)42)48(34-13-9-30(2)10-14-34)36-17-21-38(50-6)22-18-36/h29-46H,7-28H2,1-6H3. The number of hydrogen-bond acceptors (Lipinski definition) is 4. The SMILES string of the molecule is COC1CCC(N(C2CCC(C)CC2)C2CC(C)C3CCC4C5C(CCC2C35)C(C)CC4N(C2CCC(C)CC2)C2CCC(OC)CC2)CC1. The average Bonchev–Trinajstić information content (AvgIpc) is 3.15. The second-order valence-electron chi connectivity index (χ2n) is 20.6. The summed E-state index contributed by atoms with van der Waals surface area (Å²) in [5.41, 5.74) is 0. The maximum Gasteiger partial charge on any atom is 0.0572 e. The molecule has 0 amide bonds. The van der Waals surface area contributed by atoms with Gasteiger partial charge in [-0.1, -0.05) is 27.7 Å². The van der Waals surface area contributed by atoms with Crippen LogP contribution in [0.4, 0.5) is 0 Å². The summed E-state index contributed by atoms with van der Waals surface area (Å²) in [4.78, 5) is 6.65. The van der Waals surface area contributed by atoms with Crippen LogP contribution in [0.1, 0.15) is 169 Å². The summed E-state index contributed by atoms with van der Waals surface area (Å²) in [5, 5.41) is 0. The van der Waals surface area contributed by atoms with E-state index in [-0.39, 0.29) is 0 Å². The molecule has 8 rings (SSSR count). The Labute approximate surface area is 309 Å². The van der Waals surface area contributed by atoms with Crippen LogP contribution in [0.2, 0.25) is 0 Å². The van der Waals surface area contributed by atoms with Crippen LogP contribution in [-0.4, -0.2) is 72.5 Å². The van der Waals surface area contributed by atoms with E-state index in [9.17, 15) is 0 Å². The molecule has 0 aliphatic heterocycles. The van der Waals surface area contributed by atoms with Gasteiger partial charge in [-0.2, -0.15) is 0 Å². The Bertz CT molecular complexity index is 982. The van der Waals surface area contributed by atoms with Crippen LogP contribution in [0.25, 0.3) is 0 Å². The summed E-state index contributed by atoms with van der Waals surface area (Å²) in [6, 6.07) is 4.95. The third-order valence-electron chi connectivity index (χ3n) is 18.1. The normalized spacial score (nSPS) is 51.4. The van der Waals surface area contributed by atoms with E-state index in [1.165, 1.54) is 116 Å². The first-order valence-electron chi connectivity index (χ1n) is 22.9. The Morgan fingerprint density at radius 3 is 0.980 bits per heavy atom. The number of hydrogen-bond donors (Lipinski definition) is 0. The fraction of sp³-hybridized carbons (Fsp3) is 1.00. The molecule has 8 fully saturated rings. The Balaban J connectivity index is 1.10. The van der Waals surface area contributed by atoms with Crippen LogP contribution in [0.3, 0.4) is 0 Å². The second-order valence-corrected chi connectivity index (χ2v) is 20.6. The number of rotatable bonds is 8. The molecular formula is C46H80N2O2. The zero-order valence-electron chi connectivity index (χ0n) is 33.7. The summed E-state index contributed by atoms with van der Waals surface area (Å²) in [7, 11) is 3.93. The summed E-state index contributed by atoms with van der Waals surface area (Å²) in [6.07, 6.45) is 32.5. The second kappa shape index (κ2) is 15.9. The first-order chi connectivity index (χ1) is 24.3. The van der Waals surface area contributed by atoms with Crippen molar-refractivity contribution in [2.45, 2.75) is 217 Å². The molecule has 8 aliphatic rings. The van der Waals surface area contributed by atoms with Crippen molar-refractivity contribution in [3.63, 3.8) is 0 Å². The fourth-order valence-corrected chi connectivity index (χ4v) is 15.6. The van der Waals surface area contributed by atoms with Crippen LogP contribution < -0.4 is 0 Å². The molecule has 0 heterocycles. The van der Waals surface area contributed by atoms with Crippen LogP contribution in [0.15, 0.2) is 0 Å². The molecule has 8 saturated carbocycles. The van der Waals surface area contributed by atoms with Gasteiger partial charge in [0.25, 0.3) is 0 Å². The predicted octanol–water partition coefficient (Wildman–Crippen LogP) is 10.8. The first kappa shape index (κ1) is 36.8. The van der Waals surface area contributed by atoms with Crippen molar-refractivity contribution in [1.29, 1.82) is 0 Å². The number of ether oxygens (including phenoxy) is 2. The van der Waals surface area contributed by atoms with Gasteiger partial charge in [-0.25, -0.2) is 0 Å². The molecule has 0 aromatic carbocycles. The van der Waals surface area contributed by atoms with Crippen LogP contribution in [0.5, 0.6) is 0 Å². The molecule has 0 spiro atoms.